The van der Waals surface area contributed by atoms with Crippen LogP contribution in [0.25, 0.3) is 12.2 Å². The van der Waals surface area contributed by atoms with E-state index in [-0.39, 0.29) is 39.9 Å². The van der Waals surface area contributed by atoms with Crippen molar-refractivity contribution >= 4 is 17.9 Å². The van der Waals surface area contributed by atoms with Gasteiger partial charge in [0.05, 0.1) is 18.8 Å². The lowest BCUT2D eigenvalue weighted by Gasteiger charge is -2.20. The van der Waals surface area contributed by atoms with E-state index in [4.69, 9.17) is 9.62 Å². The summed E-state index contributed by atoms with van der Waals surface area (Å²) >= 11 is 0. The Morgan fingerprint density at radius 2 is 1.41 bits per heavy atom. The predicted molar refractivity (Wildman–Crippen MR) is 166 cm³/mol. The largest absolute Gasteiger partial charge is 0.508 e. The molecule has 0 aromatic heterocycles. The lowest BCUT2D eigenvalue weighted by Crippen LogP contribution is -2.16. The first kappa shape index (κ1) is 31.7. The molecule has 0 saturated carbocycles. The smallest absolute Gasteiger partial charge is 0.193 e. The van der Waals surface area contributed by atoms with Gasteiger partial charge in [0.2, 0.25) is 0 Å². The van der Waals surface area contributed by atoms with Gasteiger partial charge in [-0.15, -0.1) is 0 Å². The molecule has 9 nitrogen and oxygen atoms in total. The fraction of sp³-hybridized carbons (Fsp3) is 0.171. The molecule has 0 aliphatic heterocycles. The van der Waals surface area contributed by atoms with E-state index in [0.717, 1.165) is 11.1 Å². The van der Waals surface area contributed by atoms with Gasteiger partial charge in [0.1, 0.15) is 40.1 Å². The van der Waals surface area contributed by atoms with Gasteiger partial charge in [-0.1, -0.05) is 54.6 Å². The molecular formula is C35H34O9. The predicted octanol–water partition coefficient (Wildman–Crippen LogP) is 6.80. The van der Waals surface area contributed by atoms with Crippen LogP contribution in [0.3, 0.4) is 0 Å². The molecule has 44 heavy (non-hydrogen) atoms. The number of ether oxygens (including phenoxy) is 1. The third kappa shape index (κ3) is 8.19. The van der Waals surface area contributed by atoms with Crippen molar-refractivity contribution in [2.75, 3.05) is 7.11 Å². The number of methoxy groups -OCH3 is 1. The van der Waals surface area contributed by atoms with Gasteiger partial charge >= 0.3 is 0 Å². The summed E-state index contributed by atoms with van der Waals surface area (Å²) in [5, 5.41) is 60.5. The summed E-state index contributed by atoms with van der Waals surface area (Å²) in [7, 11) is 1.32. The highest BCUT2D eigenvalue weighted by molar-refractivity contribution is 6.11. The van der Waals surface area contributed by atoms with Crippen molar-refractivity contribution < 1.29 is 45.2 Å². The molecule has 0 spiro atoms. The van der Waals surface area contributed by atoms with Gasteiger partial charge < -0.3 is 30.3 Å². The Kier molecular flexibility index (Phi) is 10.6. The molecule has 0 heterocycles. The first-order chi connectivity index (χ1) is 21.2. The number of carbonyl (C=O) groups is 1. The highest BCUT2D eigenvalue weighted by Crippen LogP contribution is 2.40. The van der Waals surface area contributed by atoms with Crippen LogP contribution in [0.4, 0.5) is 0 Å². The topological polar surface area (TPSA) is 157 Å². The van der Waals surface area contributed by atoms with E-state index in [1.165, 1.54) is 55.7 Å². The van der Waals surface area contributed by atoms with Crippen LogP contribution in [0.1, 0.15) is 51.4 Å². The highest BCUT2D eigenvalue weighted by atomic mass is 17.1. The SMILES string of the molecule is COc1cc(O)c(/C=C/[C@H](C[C@H](CCc2ccc(O)cc2)OO)c2ccc(O)cc2)c(O)c1C(=O)/C=C/c1ccc(O)cc1. The first-order valence-electron chi connectivity index (χ1n) is 13.9. The summed E-state index contributed by atoms with van der Waals surface area (Å²) < 4.78 is 5.28. The Bertz CT molecular complexity index is 1610. The molecule has 0 fully saturated rings. The van der Waals surface area contributed by atoms with Crippen molar-refractivity contribution in [3.05, 3.63) is 119 Å². The standard InChI is InChI=1S/C35H34O9/c1-43-33-21-32(40)30(35(41)34(33)31(39)19-7-23-4-13-27(37)14-5-23)18-10-25(24-8-15-28(38)16-9-24)20-29(44-42)17-6-22-2-11-26(36)12-3-22/h2-5,7-16,18-19,21,25,29,36-38,40-42H,6,17,20H2,1H3/b18-10+,19-7+/t25-,29+/m1/s1. The summed E-state index contributed by atoms with van der Waals surface area (Å²) in [6.45, 7) is 0. The molecule has 4 rings (SSSR count). The summed E-state index contributed by atoms with van der Waals surface area (Å²) in [5.74, 6) is -1.47. The molecule has 228 valence electrons. The average molecular weight is 599 g/mol. The molecule has 0 aliphatic carbocycles. The number of carbonyl (C=O) groups excluding carboxylic acids is 1. The van der Waals surface area contributed by atoms with Gasteiger partial charge in [0.25, 0.3) is 0 Å². The van der Waals surface area contributed by atoms with E-state index in [9.17, 15) is 35.6 Å². The van der Waals surface area contributed by atoms with Gasteiger partial charge in [0.15, 0.2) is 5.78 Å². The monoisotopic (exact) mass is 598 g/mol. The van der Waals surface area contributed by atoms with Crippen molar-refractivity contribution in [3.8, 4) is 34.5 Å². The molecule has 0 amide bonds. The second kappa shape index (κ2) is 14.8. The molecule has 0 radical (unpaired) electrons. The fourth-order valence-corrected chi connectivity index (χ4v) is 4.80. The average Bonchev–Trinajstić information content (AvgIpc) is 3.02. The molecule has 0 bridgehead atoms. The van der Waals surface area contributed by atoms with Crippen LogP contribution in [-0.4, -0.2) is 49.8 Å². The summed E-state index contributed by atoms with van der Waals surface area (Å²) in [4.78, 5) is 18.0. The third-order valence-electron chi connectivity index (χ3n) is 7.24. The number of allylic oxidation sites excluding steroid dienone is 2. The number of ketones is 1. The Morgan fingerprint density at radius 1 is 0.818 bits per heavy atom. The minimum absolute atomic E-state index is 0.0125. The minimum atomic E-state index is -0.604. The molecule has 6 N–H and O–H groups in total. The maximum Gasteiger partial charge on any atom is 0.193 e. The zero-order valence-corrected chi connectivity index (χ0v) is 24.0. The lowest BCUT2D eigenvalue weighted by molar-refractivity contribution is -0.281. The van der Waals surface area contributed by atoms with Crippen LogP contribution in [0.15, 0.2) is 91.0 Å². The second-order valence-corrected chi connectivity index (χ2v) is 10.2. The van der Waals surface area contributed by atoms with Crippen molar-refractivity contribution in [3.63, 3.8) is 0 Å². The van der Waals surface area contributed by atoms with Gasteiger partial charge in [-0.25, -0.2) is 4.89 Å². The molecule has 0 unspecified atom stereocenters. The van der Waals surface area contributed by atoms with Crippen molar-refractivity contribution in [1.82, 2.24) is 0 Å². The zero-order chi connectivity index (χ0) is 31.6. The number of phenolic OH excluding ortho intramolecular Hbond substituents is 5. The van der Waals surface area contributed by atoms with Crippen LogP contribution >= 0.6 is 0 Å². The minimum Gasteiger partial charge on any atom is -0.508 e. The fourth-order valence-electron chi connectivity index (χ4n) is 4.80. The van der Waals surface area contributed by atoms with E-state index in [2.05, 4.69) is 0 Å². The van der Waals surface area contributed by atoms with Crippen molar-refractivity contribution in [1.29, 1.82) is 0 Å². The maximum atomic E-state index is 13.2. The van der Waals surface area contributed by atoms with Crippen LogP contribution < -0.4 is 4.74 Å². The zero-order valence-electron chi connectivity index (χ0n) is 24.0. The van der Waals surface area contributed by atoms with Crippen LogP contribution in [0, 0.1) is 0 Å². The number of benzene rings is 4. The molecule has 0 saturated heterocycles. The van der Waals surface area contributed by atoms with E-state index in [0.29, 0.717) is 24.8 Å². The normalized spacial score (nSPS) is 12.9. The Labute approximate surface area is 254 Å². The molecule has 9 heteroatoms. The van der Waals surface area contributed by atoms with Crippen molar-refractivity contribution in [2.24, 2.45) is 0 Å². The highest BCUT2D eigenvalue weighted by Gasteiger charge is 2.23. The van der Waals surface area contributed by atoms with Crippen LogP contribution in [0.5, 0.6) is 34.5 Å². The van der Waals surface area contributed by atoms with E-state index >= 15 is 0 Å². The van der Waals surface area contributed by atoms with Gasteiger partial charge in [0, 0.05) is 12.0 Å². The lowest BCUT2D eigenvalue weighted by atomic mass is 9.89. The molecular weight excluding hydrogens is 564 g/mol. The summed E-state index contributed by atoms with van der Waals surface area (Å²) in [5.41, 5.74) is 2.21. The summed E-state index contributed by atoms with van der Waals surface area (Å²) in [6, 6.07) is 20.7. The van der Waals surface area contributed by atoms with Crippen molar-refractivity contribution in [2.45, 2.75) is 31.3 Å². The first-order valence-corrected chi connectivity index (χ1v) is 13.9. The van der Waals surface area contributed by atoms with E-state index < -0.39 is 23.6 Å². The molecule has 0 aliphatic rings. The Balaban J connectivity index is 1.63. The van der Waals surface area contributed by atoms with E-state index in [1.54, 1.807) is 54.6 Å². The number of rotatable bonds is 13. The van der Waals surface area contributed by atoms with Crippen LogP contribution in [0.2, 0.25) is 0 Å². The van der Waals surface area contributed by atoms with E-state index in [1.807, 2.05) is 0 Å². The quantitative estimate of drug-likeness (QED) is 0.0422. The molecule has 4 aromatic carbocycles. The number of hydrogen-bond acceptors (Lipinski definition) is 9. The molecule has 4 aromatic rings. The van der Waals surface area contributed by atoms with Crippen LogP contribution in [-0.2, 0) is 11.3 Å². The Hall–Kier alpha value is -5.25. The van der Waals surface area contributed by atoms with Gasteiger partial charge in [-0.05, 0) is 78.4 Å². The second-order valence-electron chi connectivity index (χ2n) is 10.2. The number of aryl methyl sites for hydroxylation is 1. The van der Waals surface area contributed by atoms with Gasteiger partial charge in [-0.3, -0.25) is 10.1 Å². The number of phenols is 5. The maximum absolute atomic E-state index is 13.2. The summed E-state index contributed by atoms with van der Waals surface area (Å²) in [6.07, 6.45) is 6.69. The Morgan fingerprint density at radius 3 is 2.00 bits per heavy atom. The van der Waals surface area contributed by atoms with Gasteiger partial charge in [-0.2, -0.15) is 0 Å². The molecule has 2 atom stereocenters. The number of hydrogen-bond donors (Lipinski definition) is 6. The third-order valence-corrected chi connectivity index (χ3v) is 7.24. The number of aromatic hydroxyl groups is 5.